The van der Waals surface area contributed by atoms with E-state index in [9.17, 15) is 13.2 Å². The average Bonchev–Trinajstić information content (AvgIpc) is 2.02. The van der Waals surface area contributed by atoms with Crippen molar-refractivity contribution in [3.63, 3.8) is 0 Å². The summed E-state index contributed by atoms with van der Waals surface area (Å²) in [5.74, 6) is -0.939. The zero-order chi connectivity index (χ0) is 10.0. The predicted molar refractivity (Wildman–Crippen MR) is 49.5 cm³/mol. The van der Waals surface area contributed by atoms with Crippen LogP contribution in [0.25, 0.3) is 0 Å². The number of nitrogens with zero attached hydrogens (tertiary/aromatic N) is 1. The van der Waals surface area contributed by atoms with E-state index >= 15 is 0 Å². The quantitative estimate of drug-likeness (QED) is 0.597. The van der Waals surface area contributed by atoms with E-state index in [0.29, 0.717) is 11.0 Å². The smallest absolute Gasteiger partial charge is 0.244 e. The fourth-order valence-electron chi connectivity index (χ4n) is 0.804. The molecule has 1 heterocycles. The van der Waals surface area contributed by atoms with Crippen molar-refractivity contribution in [2.45, 2.75) is 11.8 Å². The van der Waals surface area contributed by atoms with Gasteiger partial charge in [0.15, 0.2) is 0 Å². The molecule has 6 heteroatoms. The van der Waals surface area contributed by atoms with Crippen molar-refractivity contribution in [1.82, 2.24) is 4.98 Å². The lowest BCUT2D eigenvalue weighted by Crippen LogP contribution is -1.98. The van der Waals surface area contributed by atoms with Crippen LogP contribution in [0.2, 0.25) is 0 Å². The van der Waals surface area contributed by atoms with Crippen molar-refractivity contribution in [2.24, 2.45) is 0 Å². The minimum atomic E-state index is -2.86. The molecule has 0 amide bonds. The molecule has 0 aliphatic carbocycles. The van der Waals surface area contributed by atoms with Crippen LogP contribution < -0.4 is 0 Å². The van der Waals surface area contributed by atoms with Crippen molar-refractivity contribution < 1.29 is 13.2 Å². The molecule has 0 N–H and O–H groups in total. The molecule has 0 unspecified atom stereocenters. The summed E-state index contributed by atoms with van der Waals surface area (Å²) < 4.78 is 37.2. The standard InChI is InChI=1S/C7H4Br2F3N/c8-2-3-1-4(10)5(7(11)12)6(9)13-3/h1,7H,2H2. The molecule has 0 aliphatic rings. The molecule has 0 spiro atoms. The zero-order valence-electron chi connectivity index (χ0n) is 6.20. The Hall–Kier alpha value is -0.100. The summed E-state index contributed by atoms with van der Waals surface area (Å²) in [6, 6.07) is 0.987. The lowest BCUT2D eigenvalue weighted by atomic mass is 10.2. The largest absolute Gasteiger partial charge is 0.269 e. The Morgan fingerprint density at radius 2 is 2.08 bits per heavy atom. The SMILES string of the molecule is Fc1cc(CBr)nc(Br)c1C(F)F. The first kappa shape index (κ1) is 11.0. The number of hydrogen-bond donors (Lipinski definition) is 0. The fourth-order valence-corrected chi connectivity index (χ4v) is 1.68. The Labute approximate surface area is 89.6 Å². The van der Waals surface area contributed by atoms with E-state index in [1.807, 2.05) is 0 Å². The minimum absolute atomic E-state index is 0.142. The van der Waals surface area contributed by atoms with Gasteiger partial charge in [0, 0.05) is 5.33 Å². The summed E-state index contributed by atoms with van der Waals surface area (Å²) in [5.41, 5.74) is -0.321. The second-order valence-corrected chi connectivity index (χ2v) is 3.55. The van der Waals surface area contributed by atoms with Crippen LogP contribution >= 0.6 is 31.9 Å². The van der Waals surface area contributed by atoms with Gasteiger partial charge < -0.3 is 0 Å². The van der Waals surface area contributed by atoms with Crippen LogP contribution in [-0.2, 0) is 5.33 Å². The second-order valence-electron chi connectivity index (χ2n) is 2.23. The van der Waals surface area contributed by atoms with E-state index < -0.39 is 17.8 Å². The molecule has 0 saturated carbocycles. The zero-order valence-corrected chi connectivity index (χ0v) is 9.37. The third-order valence-corrected chi connectivity index (χ3v) is 2.55. The van der Waals surface area contributed by atoms with Crippen molar-refractivity contribution in [1.29, 1.82) is 0 Å². The van der Waals surface area contributed by atoms with Gasteiger partial charge in [-0.05, 0) is 22.0 Å². The van der Waals surface area contributed by atoms with Gasteiger partial charge in [0.1, 0.15) is 10.4 Å². The van der Waals surface area contributed by atoms with Crippen LogP contribution in [0.3, 0.4) is 0 Å². The van der Waals surface area contributed by atoms with Crippen LogP contribution in [0.5, 0.6) is 0 Å². The Morgan fingerprint density at radius 3 is 2.46 bits per heavy atom. The predicted octanol–water partition coefficient (Wildman–Crippen LogP) is 3.82. The summed E-state index contributed by atoms with van der Waals surface area (Å²) in [6.45, 7) is 0. The van der Waals surface area contributed by atoms with Gasteiger partial charge in [-0.25, -0.2) is 18.2 Å². The lowest BCUT2D eigenvalue weighted by Gasteiger charge is -2.05. The first-order valence-corrected chi connectivity index (χ1v) is 5.16. The van der Waals surface area contributed by atoms with Gasteiger partial charge >= 0.3 is 0 Å². The monoisotopic (exact) mass is 317 g/mol. The third-order valence-electron chi connectivity index (χ3n) is 1.37. The highest BCUT2D eigenvalue weighted by molar-refractivity contribution is 9.10. The van der Waals surface area contributed by atoms with Gasteiger partial charge in [-0.2, -0.15) is 0 Å². The number of aromatic nitrogens is 1. The van der Waals surface area contributed by atoms with E-state index in [2.05, 4.69) is 36.8 Å². The molecule has 0 aliphatic heterocycles. The maximum Gasteiger partial charge on any atom is 0.269 e. The van der Waals surface area contributed by atoms with E-state index in [-0.39, 0.29) is 4.60 Å². The fraction of sp³-hybridized carbons (Fsp3) is 0.286. The van der Waals surface area contributed by atoms with Crippen molar-refractivity contribution in [3.8, 4) is 0 Å². The van der Waals surface area contributed by atoms with Gasteiger partial charge in [0.2, 0.25) is 0 Å². The number of pyridine rings is 1. The van der Waals surface area contributed by atoms with Crippen LogP contribution in [0.1, 0.15) is 17.7 Å². The van der Waals surface area contributed by atoms with E-state index in [1.165, 1.54) is 0 Å². The maximum absolute atomic E-state index is 13.0. The molecule has 13 heavy (non-hydrogen) atoms. The topological polar surface area (TPSA) is 12.9 Å². The molecule has 0 saturated heterocycles. The van der Waals surface area contributed by atoms with Crippen molar-refractivity contribution in [2.75, 3.05) is 0 Å². The Balaban J connectivity index is 3.23. The molecule has 1 nitrogen and oxygen atoms in total. The summed E-state index contributed by atoms with van der Waals surface area (Å²) >= 11 is 5.84. The van der Waals surface area contributed by atoms with Crippen LogP contribution in [0, 0.1) is 5.82 Å². The first-order valence-electron chi connectivity index (χ1n) is 3.25. The molecule has 0 radical (unpaired) electrons. The van der Waals surface area contributed by atoms with Crippen molar-refractivity contribution >= 4 is 31.9 Å². The number of hydrogen-bond acceptors (Lipinski definition) is 1. The molecule has 1 rings (SSSR count). The molecule has 0 atom stereocenters. The first-order chi connectivity index (χ1) is 6.06. The lowest BCUT2D eigenvalue weighted by molar-refractivity contribution is 0.144. The number of rotatable bonds is 2. The number of alkyl halides is 3. The summed E-state index contributed by atoms with van der Waals surface area (Å²) in [4.78, 5) is 3.72. The highest BCUT2D eigenvalue weighted by Crippen LogP contribution is 2.29. The maximum atomic E-state index is 13.0. The van der Waals surface area contributed by atoms with Gasteiger partial charge in [0.25, 0.3) is 6.43 Å². The third kappa shape index (κ3) is 2.43. The molecular formula is C7H4Br2F3N. The highest BCUT2D eigenvalue weighted by atomic mass is 79.9. The molecule has 72 valence electrons. The van der Waals surface area contributed by atoms with Crippen LogP contribution in [-0.4, -0.2) is 4.98 Å². The van der Waals surface area contributed by atoms with Gasteiger partial charge in [0.05, 0.1) is 11.3 Å². The Bertz CT molecular complexity index is 294. The normalized spacial score (nSPS) is 10.9. The van der Waals surface area contributed by atoms with E-state index in [1.54, 1.807) is 0 Å². The second kappa shape index (κ2) is 4.41. The Kier molecular flexibility index (Phi) is 3.73. The summed E-state index contributed by atoms with van der Waals surface area (Å²) in [7, 11) is 0. The number of halogens is 5. The Morgan fingerprint density at radius 1 is 1.46 bits per heavy atom. The van der Waals surface area contributed by atoms with Crippen LogP contribution in [0.15, 0.2) is 10.7 Å². The van der Waals surface area contributed by atoms with Crippen molar-refractivity contribution in [3.05, 3.63) is 27.7 Å². The molecule has 1 aromatic rings. The minimum Gasteiger partial charge on any atom is -0.244 e. The average molecular weight is 319 g/mol. The molecule has 0 fully saturated rings. The summed E-state index contributed by atoms with van der Waals surface area (Å²) in [5, 5.41) is 0.325. The highest BCUT2D eigenvalue weighted by Gasteiger charge is 2.19. The molecule has 0 aromatic carbocycles. The molecule has 1 aromatic heterocycles. The van der Waals surface area contributed by atoms with E-state index in [0.717, 1.165) is 6.07 Å². The molecule has 0 bridgehead atoms. The summed E-state index contributed by atoms with van der Waals surface area (Å²) in [6.07, 6.45) is -2.86. The van der Waals surface area contributed by atoms with Crippen LogP contribution in [0.4, 0.5) is 13.2 Å². The van der Waals surface area contributed by atoms with Gasteiger partial charge in [-0.1, -0.05) is 15.9 Å². The molecular weight excluding hydrogens is 315 g/mol. The van der Waals surface area contributed by atoms with Gasteiger partial charge in [-0.3, -0.25) is 0 Å². The van der Waals surface area contributed by atoms with E-state index in [4.69, 9.17) is 0 Å². The van der Waals surface area contributed by atoms with Gasteiger partial charge in [-0.15, -0.1) is 0 Å².